The van der Waals surface area contributed by atoms with E-state index in [1.165, 1.54) is 11.3 Å². The molecule has 0 aliphatic carbocycles. The van der Waals surface area contributed by atoms with Crippen LogP contribution in [-0.4, -0.2) is 8.42 Å². The van der Waals surface area contributed by atoms with E-state index in [9.17, 15) is 8.42 Å². The van der Waals surface area contributed by atoms with Crippen LogP contribution in [0, 0.1) is 0 Å². The summed E-state index contributed by atoms with van der Waals surface area (Å²) in [6.07, 6.45) is 0. The fourth-order valence-electron chi connectivity index (χ4n) is 1.29. The highest BCUT2D eigenvalue weighted by atomic mass is 79.9. The van der Waals surface area contributed by atoms with Crippen molar-refractivity contribution < 1.29 is 8.42 Å². The van der Waals surface area contributed by atoms with Gasteiger partial charge in [0.05, 0.1) is 4.90 Å². The molecule has 1 N–H and O–H groups in total. The normalized spacial score (nSPS) is 11.6. The quantitative estimate of drug-likeness (QED) is 0.936. The van der Waals surface area contributed by atoms with Gasteiger partial charge in [0.25, 0.3) is 0 Å². The minimum Gasteiger partial charge on any atom is -0.207 e. The van der Waals surface area contributed by atoms with Crippen LogP contribution in [-0.2, 0) is 16.6 Å². The second-order valence-electron chi connectivity index (χ2n) is 3.33. The smallest absolute Gasteiger partial charge is 0.207 e. The third kappa shape index (κ3) is 3.16. The van der Waals surface area contributed by atoms with Gasteiger partial charge < -0.3 is 0 Å². The number of rotatable bonds is 4. The Bertz CT molecular complexity index is 593. The van der Waals surface area contributed by atoms with Crippen molar-refractivity contribution >= 4 is 37.3 Å². The van der Waals surface area contributed by atoms with E-state index >= 15 is 0 Å². The summed E-state index contributed by atoms with van der Waals surface area (Å²) in [4.78, 5) is 1.25. The first-order valence-electron chi connectivity index (χ1n) is 4.86. The number of hydrogen-bond donors (Lipinski definition) is 1. The van der Waals surface area contributed by atoms with Crippen molar-refractivity contribution in [2.45, 2.75) is 11.4 Å². The Labute approximate surface area is 113 Å². The van der Waals surface area contributed by atoms with Gasteiger partial charge in [0.1, 0.15) is 0 Å². The maximum Gasteiger partial charge on any atom is 0.240 e. The molecule has 0 aliphatic heterocycles. The predicted molar refractivity (Wildman–Crippen MR) is 72.5 cm³/mol. The van der Waals surface area contributed by atoms with Crippen molar-refractivity contribution in [1.82, 2.24) is 4.72 Å². The Morgan fingerprint density at radius 1 is 1.18 bits per heavy atom. The van der Waals surface area contributed by atoms with E-state index in [2.05, 4.69) is 20.7 Å². The molecular formula is C11H10BrNO2S2. The average Bonchev–Trinajstić information content (AvgIpc) is 2.74. The summed E-state index contributed by atoms with van der Waals surface area (Å²) in [6, 6.07) is 10.2. The monoisotopic (exact) mass is 331 g/mol. The third-order valence-corrected chi connectivity index (χ3v) is 5.51. The Hall–Kier alpha value is -0.690. The summed E-state index contributed by atoms with van der Waals surface area (Å²) in [5.74, 6) is 0. The first kappa shape index (κ1) is 12.8. The Kier molecular flexibility index (Phi) is 3.98. The van der Waals surface area contributed by atoms with Gasteiger partial charge in [-0.05, 0) is 39.5 Å². The van der Waals surface area contributed by atoms with Gasteiger partial charge in [0.15, 0.2) is 0 Å². The van der Waals surface area contributed by atoms with Crippen molar-refractivity contribution in [1.29, 1.82) is 0 Å². The van der Waals surface area contributed by atoms with Gasteiger partial charge in [-0.15, -0.1) is 11.3 Å². The van der Waals surface area contributed by atoms with E-state index in [4.69, 9.17) is 0 Å². The van der Waals surface area contributed by atoms with Crippen LogP contribution in [0.25, 0.3) is 0 Å². The zero-order chi connectivity index (χ0) is 12.3. The summed E-state index contributed by atoms with van der Waals surface area (Å²) in [6.45, 7) is 0.301. The minimum absolute atomic E-state index is 0.285. The molecule has 6 heteroatoms. The van der Waals surface area contributed by atoms with Gasteiger partial charge in [-0.3, -0.25) is 0 Å². The maximum atomic E-state index is 11.9. The molecule has 0 radical (unpaired) electrons. The van der Waals surface area contributed by atoms with Crippen LogP contribution in [0.4, 0.5) is 0 Å². The van der Waals surface area contributed by atoms with Crippen molar-refractivity contribution in [3.05, 3.63) is 51.1 Å². The number of sulfonamides is 1. The molecule has 2 aromatic rings. The van der Waals surface area contributed by atoms with Gasteiger partial charge in [-0.1, -0.05) is 18.2 Å². The zero-order valence-electron chi connectivity index (χ0n) is 8.76. The molecule has 1 heterocycles. The molecule has 90 valence electrons. The predicted octanol–water partition coefficient (Wildman–Crippen LogP) is 2.99. The van der Waals surface area contributed by atoms with Crippen molar-refractivity contribution in [3.63, 3.8) is 0 Å². The number of nitrogens with one attached hydrogen (secondary N) is 1. The van der Waals surface area contributed by atoms with E-state index in [1.54, 1.807) is 30.3 Å². The molecule has 0 fully saturated rings. The minimum atomic E-state index is -3.42. The topological polar surface area (TPSA) is 46.2 Å². The first-order valence-corrected chi connectivity index (χ1v) is 8.02. The SMILES string of the molecule is O=S(=O)(NCc1sccc1Br)c1ccccc1. The Morgan fingerprint density at radius 3 is 2.47 bits per heavy atom. The van der Waals surface area contributed by atoms with Crippen molar-refractivity contribution in [3.8, 4) is 0 Å². The molecule has 0 unspecified atom stereocenters. The lowest BCUT2D eigenvalue weighted by atomic mass is 10.4. The number of thiophene rings is 1. The molecule has 3 nitrogen and oxygen atoms in total. The largest absolute Gasteiger partial charge is 0.240 e. The standard InChI is InChI=1S/C11H10BrNO2S2/c12-10-6-7-16-11(10)8-13-17(14,15)9-4-2-1-3-5-9/h1-7,13H,8H2. The van der Waals surface area contributed by atoms with Gasteiger partial charge in [-0.25, -0.2) is 13.1 Å². The summed E-state index contributed by atoms with van der Waals surface area (Å²) in [7, 11) is -3.42. The number of benzene rings is 1. The first-order chi connectivity index (χ1) is 8.09. The number of halogens is 1. The van der Waals surface area contributed by atoms with Crippen LogP contribution < -0.4 is 4.72 Å². The van der Waals surface area contributed by atoms with Crippen LogP contribution in [0.1, 0.15) is 4.88 Å². The molecule has 0 saturated heterocycles. The molecule has 17 heavy (non-hydrogen) atoms. The van der Waals surface area contributed by atoms with Crippen molar-refractivity contribution in [2.24, 2.45) is 0 Å². The van der Waals surface area contributed by atoms with Crippen LogP contribution >= 0.6 is 27.3 Å². The third-order valence-electron chi connectivity index (χ3n) is 2.17. The molecule has 0 amide bonds. The highest BCUT2D eigenvalue weighted by Crippen LogP contribution is 2.22. The molecule has 0 spiro atoms. The van der Waals surface area contributed by atoms with E-state index in [1.807, 2.05) is 11.4 Å². The van der Waals surface area contributed by atoms with Gasteiger partial charge >= 0.3 is 0 Å². The van der Waals surface area contributed by atoms with E-state index < -0.39 is 10.0 Å². The highest BCUT2D eigenvalue weighted by molar-refractivity contribution is 9.10. The highest BCUT2D eigenvalue weighted by Gasteiger charge is 2.13. The second-order valence-corrected chi connectivity index (χ2v) is 6.95. The molecule has 0 aliphatic rings. The molecule has 0 bridgehead atoms. The van der Waals surface area contributed by atoms with Gasteiger partial charge in [0.2, 0.25) is 10.0 Å². The van der Waals surface area contributed by atoms with Crippen LogP contribution in [0.2, 0.25) is 0 Å². The summed E-state index contributed by atoms with van der Waals surface area (Å²) >= 11 is 4.88. The van der Waals surface area contributed by atoms with Crippen LogP contribution in [0.3, 0.4) is 0 Å². The summed E-state index contributed by atoms with van der Waals surface area (Å²) in [5.41, 5.74) is 0. The molecule has 0 saturated carbocycles. The Morgan fingerprint density at radius 2 is 1.88 bits per heavy atom. The second kappa shape index (κ2) is 5.30. The average molecular weight is 332 g/mol. The maximum absolute atomic E-state index is 11.9. The molecular weight excluding hydrogens is 322 g/mol. The summed E-state index contributed by atoms with van der Waals surface area (Å²) < 4.78 is 27.3. The lowest BCUT2D eigenvalue weighted by Gasteiger charge is -2.05. The zero-order valence-corrected chi connectivity index (χ0v) is 12.0. The fraction of sp³-hybridized carbons (Fsp3) is 0.0909. The molecule has 2 rings (SSSR count). The molecule has 0 atom stereocenters. The molecule has 1 aromatic carbocycles. The van der Waals surface area contributed by atoms with Crippen LogP contribution in [0.5, 0.6) is 0 Å². The van der Waals surface area contributed by atoms with Crippen molar-refractivity contribution in [2.75, 3.05) is 0 Å². The van der Waals surface area contributed by atoms with Gasteiger partial charge in [0, 0.05) is 15.9 Å². The summed E-state index contributed by atoms with van der Waals surface area (Å²) in [5, 5.41) is 1.91. The van der Waals surface area contributed by atoms with E-state index in [-0.39, 0.29) is 4.90 Å². The lowest BCUT2D eigenvalue weighted by Crippen LogP contribution is -2.22. The van der Waals surface area contributed by atoms with Gasteiger partial charge in [-0.2, -0.15) is 0 Å². The van der Waals surface area contributed by atoms with Crippen LogP contribution in [0.15, 0.2) is 51.1 Å². The lowest BCUT2D eigenvalue weighted by molar-refractivity contribution is 0.581. The molecule has 1 aromatic heterocycles. The Balaban J connectivity index is 2.12. The number of hydrogen-bond acceptors (Lipinski definition) is 3. The van der Waals surface area contributed by atoms with E-state index in [0.29, 0.717) is 6.54 Å². The fourth-order valence-corrected chi connectivity index (χ4v) is 3.83. The van der Waals surface area contributed by atoms with E-state index in [0.717, 1.165) is 9.35 Å².